The molecule has 6 nitrogen and oxygen atoms in total. The van der Waals surface area contributed by atoms with Gasteiger partial charge in [-0.3, -0.25) is 9.89 Å². The molecule has 2 aliphatic rings. The Hall–Kier alpha value is -3.42. The summed E-state index contributed by atoms with van der Waals surface area (Å²) in [6.07, 6.45) is 4.44. The lowest BCUT2D eigenvalue weighted by Gasteiger charge is -2.19. The van der Waals surface area contributed by atoms with Crippen molar-refractivity contribution in [2.24, 2.45) is 11.8 Å². The Bertz CT molecular complexity index is 1180. The highest BCUT2D eigenvalue weighted by Crippen LogP contribution is 2.41. The quantitative estimate of drug-likeness (QED) is 0.695. The Morgan fingerprint density at radius 1 is 1.13 bits per heavy atom. The number of rotatable bonds is 3. The Morgan fingerprint density at radius 2 is 1.90 bits per heavy atom. The summed E-state index contributed by atoms with van der Waals surface area (Å²) in [4.78, 5) is 23.6. The van der Waals surface area contributed by atoms with Crippen LogP contribution in [-0.4, -0.2) is 44.1 Å². The van der Waals surface area contributed by atoms with Gasteiger partial charge in [0.1, 0.15) is 5.82 Å². The third-order valence-corrected chi connectivity index (χ3v) is 6.15. The highest BCUT2D eigenvalue weighted by molar-refractivity contribution is 6.01. The van der Waals surface area contributed by atoms with Gasteiger partial charge in [-0.1, -0.05) is 18.2 Å². The van der Waals surface area contributed by atoms with Crippen molar-refractivity contribution in [3.8, 4) is 11.3 Å². The van der Waals surface area contributed by atoms with Gasteiger partial charge in [0.05, 0.1) is 22.6 Å². The summed E-state index contributed by atoms with van der Waals surface area (Å²) in [6, 6.07) is 6.30. The molecule has 1 fully saturated rings. The number of hydrogen-bond acceptors (Lipinski definition) is 4. The monoisotopic (exact) mass is 421 g/mol. The van der Waals surface area contributed by atoms with E-state index in [0.29, 0.717) is 48.0 Å². The second-order valence-corrected chi connectivity index (χ2v) is 8.18. The van der Waals surface area contributed by atoms with E-state index in [0.717, 1.165) is 5.57 Å². The van der Waals surface area contributed by atoms with Crippen molar-refractivity contribution in [3.63, 3.8) is 0 Å². The SMILES string of the molecule is Cc1nc(C2=CC3CN(C(=O)c4c(F)cccc4-c4cc[nH]n4)CC3C2)nc(C)c1F. The van der Waals surface area contributed by atoms with Gasteiger partial charge in [0.2, 0.25) is 0 Å². The Morgan fingerprint density at radius 3 is 2.58 bits per heavy atom. The zero-order valence-electron chi connectivity index (χ0n) is 17.2. The van der Waals surface area contributed by atoms with Crippen LogP contribution in [0.4, 0.5) is 8.78 Å². The van der Waals surface area contributed by atoms with Gasteiger partial charge in [-0.15, -0.1) is 0 Å². The fraction of sp³-hybridized carbons (Fsp3) is 0.304. The number of nitrogens with one attached hydrogen (secondary N) is 1. The van der Waals surface area contributed by atoms with E-state index >= 15 is 0 Å². The average molecular weight is 421 g/mol. The highest BCUT2D eigenvalue weighted by atomic mass is 19.1. The maximum absolute atomic E-state index is 14.7. The van der Waals surface area contributed by atoms with E-state index in [1.165, 1.54) is 6.07 Å². The number of carbonyl (C=O) groups excluding carboxylic acids is 1. The third-order valence-electron chi connectivity index (χ3n) is 6.15. The smallest absolute Gasteiger partial charge is 0.257 e. The lowest BCUT2D eigenvalue weighted by molar-refractivity contribution is 0.0781. The molecule has 2 atom stereocenters. The summed E-state index contributed by atoms with van der Waals surface area (Å²) in [7, 11) is 0. The van der Waals surface area contributed by atoms with Crippen LogP contribution >= 0.6 is 0 Å². The van der Waals surface area contributed by atoms with Gasteiger partial charge in [0, 0.05) is 24.8 Å². The Kier molecular flexibility index (Phi) is 4.64. The second kappa shape index (κ2) is 7.37. The summed E-state index contributed by atoms with van der Waals surface area (Å²) >= 11 is 0. The van der Waals surface area contributed by atoms with E-state index in [1.54, 1.807) is 43.1 Å². The number of fused-ring (bicyclic) bond motifs is 1. The number of aromatic amines is 1. The van der Waals surface area contributed by atoms with Crippen LogP contribution < -0.4 is 0 Å². The van der Waals surface area contributed by atoms with E-state index in [9.17, 15) is 13.6 Å². The molecule has 1 aliphatic heterocycles. The largest absolute Gasteiger partial charge is 0.338 e. The molecule has 0 spiro atoms. The Labute approximate surface area is 178 Å². The zero-order valence-corrected chi connectivity index (χ0v) is 17.2. The Balaban J connectivity index is 1.39. The molecule has 1 amide bonds. The van der Waals surface area contributed by atoms with Crippen LogP contribution in [0, 0.1) is 37.3 Å². The molecule has 31 heavy (non-hydrogen) atoms. The first kappa shape index (κ1) is 19.5. The van der Waals surface area contributed by atoms with E-state index in [-0.39, 0.29) is 29.1 Å². The summed E-state index contributed by atoms with van der Waals surface area (Å²) < 4.78 is 28.6. The fourth-order valence-electron chi connectivity index (χ4n) is 4.61. The van der Waals surface area contributed by atoms with Gasteiger partial charge < -0.3 is 4.90 Å². The second-order valence-electron chi connectivity index (χ2n) is 8.18. The number of amides is 1. The zero-order chi connectivity index (χ0) is 21.7. The number of allylic oxidation sites excluding steroid dienone is 1. The maximum atomic E-state index is 14.7. The molecule has 0 saturated carbocycles. The summed E-state index contributed by atoms with van der Waals surface area (Å²) in [5.74, 6) is -0.340. The van der Waals surface area contributed by atoms with Gasteiger partial charge in [-0.25, -0.2) is 18.7 Å². The number of likely N-dealkylation sites (tertiary alicyclic amines) is 1. The van der Waals surface area contributed by atoms with Crippen molar-refractivity contribution >= 4 is 11.5 Å². The van der Waals surface area contributed by atoms with Crippen molar-refractivity contribution < 1.29 is 13.6 Å². The topological polar surface area (TPSA) is 74.8 Å². The maximum Gasteiger partial charge on any atom is 0.257 e. The molecule has 1 N–H and O–H groups in total. The molecule has 3 aromatic rings. The summed E-state index contributed by atoms with van der Waals surface area (Å²) in [5.41, 5.74) is 2.71. The van der Waals surface area contributed by atoms with Crippen molar-refractivity contribution in [3.05, 3.63) is 70.9 Å². The van der Waals surface area contributed by atoms with E-state index in [1.807, 2.05) is 0 Å². The van der Waals surface area contributed by atoms with Gasteiger partial charge in [0.25, 0.3) is 5.91 Å². The molecule has 0 radical (unpaired) electrons. The lowest BCUT2D eigenvalue weighted by atomic mass is 10.00. The van der Waals surface area contributed by atoms with Crippen molar-refractivity contribution in [1.29, 1.82) is 0 Å². The van der Waals surface area contributed by atoms with Crippen LogP contribution in [0.2, 0.25) is 0 Å². The van der Waals surface area contributed by atoms with E-state index < -0.39 is 5.82 Å². The average Bonchev–Trinajstić information content (AvgIpc) is 3.47. The van der Waals surface area contributed by atoms with Crippen LogP contribution in [0.25, 0.3) is 16.8 Å². The van der Waals surface area contributed by atoms with Crippen molar-refractivity contribution in [1.82, 2.24) is 25.1 Å². The minimum absolute atomic E-state index is 0.0481. The van der Waals surface area contributed by atoms with Crippen LogP contribution in [0.1, 0.15) is 34.0 Å². The van der Waals surface area contributed by atoms with Gasteiger partial charge >= 0.3 is 0 Å². The first-order chi connectivity index (χ1) is 14.9. The highest BCUT2D eigenvalue weighted by Gasteiger charge is 2.40. The molecule has 2 aromatic heterocycles. The van der Waals surface area contributed by atoms with E-state index in [4.69, 9.17) is 0 Å². The molecule has 1 aromatic carbocycles. The normalized spacial score (nSPS) is 20.1. The summed E-state index contributed by atoms with van der Waals surface area (Å²) in [6.45, 7) is 4.29. The first-order valence-electron chi connectivity index (χ1n) is 10.2. The predicted molar refractivity (Wildman–Crippen MR) is 111 cm³/mol. The van der Waals surface area contributed by atoms with Gasteiger partial charge in [0.15, 0.2) is 11.6 Å². The molecule has 0 bridgehead atoms. The minimum atomic E-state index is -0.551. The lowest BCUT2D eigenvalue weighted by Crippen LogP contribution is -2.30. The third kappa shape index (κ3) is 3.32. The van der Waals surface area contributed by atoms with Gasteiger partial charge in [-0.05, 0) is 49.8 Å². The number of H-pyrrole nitrogens is 1. The molecular weight excluding hydrogens is 400 g/mol. The molecule has 158 valence electrons. The minimum Gasteiger partial charge on any atom is -0.338 e. The summed E-state index contributed by atoms with van der Waals surface area (Å²) in [5, 5.41) is 6.81. The molecule has 1 saturated heterocycles. The number of aryl methyl sites for hydroxylation is 2. The fourth-order valence-corrected chi connectivity index (χ4v) is 4.61. The number of hydrogen-bond donors (Lipinski definition) is 1. The predicted octanol–water partition coefficient (Wildman–Crippen LogP) is 3.94. The molecule has 8 heteroatoms. The molecule has 5 rings (SSSR count). The number of carbonyl (C=O) groups is 1. The van der Waals surface area contributed by atoms with Crippen molar-refractivity contribution in [2.75, 3.05) is 13.1 Å². The number of nitrogens with zero attached hydrogens (tertiary/aromatic N) is 4. The van der Waals surface area contributed by atoms with Crippen LogP contribution in [-0.2, 0) is 0 Å². The van der Waals surface area contributed by atoms with E-state index in [2.05, 4.69) is 26.2 Å². The molecule has 2 unspecified atom stereocenters. The van der Waals surface area contributed by atoms with Crippen LogP contribution in [0.5, 0.6) is 0 Å². The standard InChI is InChI=1S/C23H21F2N5O/c1-12-21(25)13(2)28-22(27-12)14-8-15-10-30(11-16(15)9-14)23(31)20-17(4-3-5-18(20)24)19-6-7-26-29-19/h3-8,15-16H,9-11H2,1-2H3,(H,26,29). The van der Waals surface area contributed by atoms with Crippen molar-refractivity contribution in [2.45, 2.75) is 20.3 Å². The molecular formula is C23H21F2N5O. The first-order valence-corrected chi connectivity index (χ1v) is 10.2. The molecule has 1 aliphatic carbocycles. The van der Waals surface area contributed by atoms with Crippen LogP contribution in [0.15, 0.2) is 36.5 Å². The number of benzene rings is 1. The number of halogens is 2. The van der Waals surface area contributed by atoms with Crippen LogP contribution in [0.3, 0.4) is 0 Å². The van der Waals surface area contributed by atoms with Gasteiger partial charge in [-0.2, -0.15) is 5.10 Å². The molecule has 3 heterocycles. The number of aromatic nitrogens is 4.